The van der Waals surface area contributed by atoms with Gasteiger partial charge in [0.25, 0.3) is 0 Å². The van der Waals surface area contributed by atoms with Crippen LogP contribution in [0.5, 0.6) is 11.5 Å². The van der Waals surface area contributed by atoms with Crippen LogP contribution in [0.25, 0.3) is 0 Å². The number of aryl methyl sites for hydroxylation is 1. The van der Waals surface area contributed by atoms with Crippen LogP contribution in [-0.4, -0.2) is 51.3 Å². The quantitative estimate of drug-likeness (QED) is 0.623. The van der Waals surface area contributed by atoms with E-state index in [4.69, 9.17) is 10.2 Å². The van der Waals surface area contributed by atoms with E-state index in [-0.39, 0.29) is 41.1 Å². The number of para-hydroxylation sites is 1. The van der Waals surface area contributed by atoms with E-state index in [1.165, 1.54) is 12.2 Å². The fraction of sp³-hybridized carbons (Fsp3) is 0.0526. The van der Waals surface area contributed by atoms with Gasteiger partial charge in [-0.05, 0) is 67.1 Å². The summed E-state index contributed by atoms with van der Waals surface area (Å²) in [6.07, 6.45) is 6.27. The average molecular weight is 331 g/mol. The van der Waals surface area contributed by atoms with Gasteiger partial charge in [-0.3, -0.25) is 4.79 Å². The molecule has 0 spiro atoms. The fourth-order valence-corrected chi connectivity index (χ4v) is 1.76. The van der Waals surface area contributed by atoms with Crippen LogP contribution in [0.1, 0.15) is 5.56 Å². The molecule has 0 aromatic heterocycles. The van der Waals surface area contributed by atoms with E-state index in [1.54, 1.807) is 42.5 Å². The maximum atomic E-state index is 10.8. The van der Waals surface area contributed by atoms with Gasteiger partial charge in [0.15, 0.2) is 5.78 Å². The van der Waals surface area contributed by atoms with Crippen molar-refractivity contribution in [3.05, 3.63) is 78.4 Å². The molecule has 0 bridgehead atoms. The van der Waals surface area contributed by atoms with Crippen molar-refractivity contribution in [1.82, 2.24) is 0 Å². The molecule has 1 aliphatic carbocycles. The van der Waals surface area contributed by atoms with E-state index in [0.29, 0.717) is 5.75 Å². The molecule has 0 saturated heterocycles. The van der Waals surface area contributed by atoms with Gasteiger partial charge in [-0.25, -0.2) is 4.99 Å². The second kappa shape index (κ2) is 9.88. The van der Waals surface area contributed by atoms with Crippen LogP contribution < -0.4 is 0 Å². The van der Waals surface area contributed by atoms with Gasteiger partial charge in [-0.15, -0.1) is 0 Å². The standard InChI is InChI=1S/C12H9NO2.C7H8O.Na.H/c14-11-5-1-9(2-6-11)13-10-3-7-12(15)8-4-10;1-6-4-2-3-5-7(6)8;;/h1-8,14H;2-5,8H,1H3;;. The number of ketones is 1. The number of allylic oxidation sites excluding steroid dienone is 4. The molecule has 2 aromatic rings. The number of phenolic OH excluding ortho intramolecular Hbond substituents is 2. The number of hydrogen-bond donors (Lipinski definition) is 2. The molecule has 2 N–H and O–H groups in total. The zero-order chi connectivity index (χ0) is 16.7. The summed E-state index contributed by atoms with van der Waals surface area (Å²) in [7, 11) is 0. The van der Waals surface area contributed by atoms with Gasteiger partial charge in [-0.2, -0.15) is 0 Å². The molecule has 0 saturated carbocycles. The second-order valence-electron chi connectivity index (χ2n) is 4.91. The van der Waals surface area contributed by atoms with E-state index in [1.807, 2.05) is 25.1 Å². The zero-order valence-electron chi connectivity index (χ0n) is 12.7. The first kappa shape index (κ1) is 19.9. The predicted molar refractivity (Wildman–Crippen MR) is 98.5 cm³/mol. The fourth-order valence-electron chi connectivity index (χ4n) is 1.76. The van der Waals surface area contributed by atoms with Crippen molar-refractivity contribution in [3.8, 4) is 11.5 Å². The number of carbonyl (C=O) groups excluding carboxylic acids is 1. The van der Waals surface area contributed by atoms with E-state index in [9.17, 15) is 4.79 Å². The molecule has 0 atom stereocenters. The molecule has 5 heteroatoms. The Morgan fingerprint density at radius 1 is 0.833 bits per heavy atom. The zero-order valence-corrected chi connectivity index (χ0v) is 12.7. The van der Waals surface area contributed by atoms with E-state index < -0.39 is 0 Å². The van der Waals surface area contributed by atoms with Gasteiger partial charge < -0.3 is 10.2 Å². The Labute approximate surface area is 163 Å². The van der Waals surface area contributed by atoms with E-state index in [0.717, 1.165) is 17.0 Å². The minimum absolute atomic E-state index is 0. The summed E-state index contributed by atoms with van der Waals surface area (Å²) < 4.78 is 0. The summed E-state index contributed by atoms with van der Waals surface area (Å²) >= 11 is 0. The number of aliphatic imine (C=N–C) groups is 1. The Balaban J connectivity index is 0.000000273. The minimum atomic E-state index is -0.0281. The molecular weight excluding hydrogens is 313 g/mol. The van der Waals surface area contributed by atoms with Crippen molar-refractivity contribution in [2.24, 2.45) is 4.99 Å². The van der Waals surface area contributed by atoms with Gasteiger partial charge in [0.05, 0.1) is 11.4 Å². The first-order chi connectivity index (χ1) is 11.0. The molecule has 0 aliphatic heterocycles. The van der Waals surface area contributed by atoms with Crippen molar-refractivity contribution in [1.29, 1.82) is 0 Å². The molecule has 2 aromatic carbocycles. The number of phenols is 2. The summed E-state index contributed by atoms with van der Waals surface area (Å²) in [6.45, 7) is 1.87. The van der Waals surface area contributed by atoms with Gasteiger partial charge in [0.2, 0.25) is 0 Å². The van der Waals surface area contributed by atoms with Crippen molar-refractivity contribution in [2.45, 2.75) is 6.92 Å². The van der Waals surface area contributed by atoms with Crippen LogP contribution in [0.3, 0.4) is 0 Å². The molecule has 24 heavy (non-hydrogen) atoms. The molecule has 1 aliphatic rings. The molecule has 0 amide bonds. The molecular formula is C19H18NNaO3. The Morgan fingerprint density at radius 3 is 1.92 bits per heavy atom. The number of nitrogens with zero attached hydrogens (tertiary/aromatic N) is 1. The summed E-state index contributed by atoms with van der Waals surface area (Å²) in [6, 6.07) is 13.8. The van der Waals surface area contributed by atoms with Gasteiger partial charge >= 0.3 is 29.6 Å². The normalized spacial score (nSPS) is 12.0. The van der Waals surface area contributed by atoms with Crippen molar-refractivity contribution < 1.29 is 15.0 Å². The molecule has 0 unspecified atom stereocenters. The Bertz CT molecular complexity index is 738. The SMILES string of the molecule is Cc1ccccc1O.O=C1C=CC(=Nc2ccc(O)cc2)C=C1.[NaH]. The Morgan fingerprint density at radius 2 is 1.42 bits per heavy atom. The Hall–Kier alpha value is -2.14. The molecule has 4 nitrogen and oxygen atoms in total. The summed E-state index contributed by atoms with van der Waals surface area (Å²) in [4.78, 5) is 15.1. The Kier molecular flexibility index (Phi) is 8.19. The van der Waals surface area contributed by atoms with Crippen LogP contribution in [0.4, 0.5) is 5.69 Å². The third-order valence-electron chi connectivity index (χ3n) is 3.06. The molecule has 118 valence electrons. The summed E-state index contributed by atoms with van der Waals surface area (Å²) in [5.41, 5.74) is 2.39. The van der Waals surface area contributed by atoms with Gasteiger partial charge in [0.1, 0.15) is 11.5 Å². The summed E-state index contributed by atoms with van der Waals surface area (Å²) in [5.74, 6) is 0.552. The number of hydrogen-bond acceptors (Lipinski definition) is 4. The van der Waals surface area contributed by atoms with Crippen LogP contribution in [-0.2, 0) is 4.79 Å². The first-order valence-electron chi connectivity index (χ1n) is 7.07. The van der Waals surface area contributed by atoms with Crippen LogP contribution >= 0.6 is 0 Å². The second-order valence-corrected chi connectivity index (χ2v) is 4.91. The predicted octanol–water partition coefficient (Wildman–Crippen LogP) is 3.21. The van der Waals surface area contributed by atoms with Gasteiger partial charge in [0, 0.05) is 0 Å². The number of rotatable bonds is 1. The molecule has 0 heterocycles. The van der Waals surface area contributed by atoms with Crippen molar-refractivity contribution in [3.63, 3.8) is 0 Å². The topological polar surface area (TPSA) is 69.9 Å². The van der Waals surface area contributed by atoms with E-state index >= 15 is 0 Å². The van der Waals surface area contributed by atoms with Crippen molar-refractivity contribution >= 4 is 46.7 Å². The van der Waals surface area contributed by atoms with Gasteiger partial charge in [-0.1, -0.05) is 18.2 Å². The molecule has 0 radical (unpaired) electrons. The number of benzene rings is 2. The average Bonchev–Trinajstić information content (AvgIpc) is 2.55. The first-order valence-corrected chi connectivity index (χ1v) is 7.07. The third kappa shape index (κ3) is 6.54. The van der Waals surface area contributed by atoms with Crippen LogP contribution in [0.2, 0.25) is 0 Å². The maximum absolute atomic E-state index is 10.8. The number of aromatic hydroxyl groups is 2. The number of carbonyl (C=O) groups is 1. The summed E-state index contributed by atoms with van der Waals surface area (Å²) in [5, 5.41) is 18.0. The van der Waals surface area contributed by atoms with Crippen LogP contribution in [0.15, 0.2) is 77.8 Å². The third-order valence-corrected chi connectivity index (χ3v) is 3.06. The molecule has 0 fully saturated rings. The monoisotopic (exact) mass is 331 g/mol. The molecule has 3 rings (SSSR count). The van der Waals surface area contributed by atoms with Crippen molar-refractivity contribution in [2.75, 3.05) is 0 Å². The van der Waals surface area contributed by atoms with E-state index in [2.05, 4.69) is 4.99 Å². The van der Waals surface area contributed by atoms with Crippen LogP contribution in [0, 0.1) is 6.92 Å².